The third-order valence-electron chi connectivity index (χ3n) is 5.25. The molecule has 1 aliphatic rings. The third kappa shape index (κ3) is 3.04. The molecular weight excluding hydrogens is 391 g/mol. The van der Waals surface area contributed by atoms with Gasteiger partial charge in [-0.05, 0) is 43.3 Å². The summed E-state index contributed by atoms with van der Waals surface area (Å²) in [5, 5.41) is 8.20. The number of pyridine rings is 1. The first-order chi connectivity index (χ1) is 14.0. The molecule has 0 spiro atoms. The van der Waals surface area contributed by atoms with Gasteiger partial charge in [0.1, 0.15) is 11.6 Å². The quantitative estimate of drug-likeness (QED) is 0.540. The molecule has 2 aromatic heterocycles. The van der Waals surface area contributed by atoms with Gasteiger partial charge in [0.15, 0.2) is 0 Å². The minimum absolute atomic E-state index is 0.0922. The van der Waals surface area contributed by atoms with E-state index in [1.54, 1.807) is 6.07 Å². The second-order valence-electron chi connectivity index (χ2n) is 7.15. The van der Waals surface area contributed by atoms with E-state index in [2.05, 4.69) is 10.6 Å². The molecule has 29 heavy (non-hydrogen) atoms. The highest BCUT2D eigenvalue weighted by Crippen LogP contribution is 2.33. The zero-order valence-electron chi connectivity index (χ0n) is 15.5. The lowest BCUT2D eigenvalue weighted by molar-refractivity contribution is 0.584. The lowest BCUT2D eigenvalue weighted by atomic mass is 10.1. The van der Waals surface area contributed by atoms with Gasteiger partial charge in [0.05, 0.1) is 15.9 Å². The fraction of sp³-hybridized carbons (Fsp3) is 0.190. The van der Waals surface area contributed by atoms with Gasteiger partial charge in [0.25, 0.3) is 10.0 Å². The smallest absolute Gasteiger partial charge is 0.268 e. The fourth-order valence-electron chi connectivity index (χ4n) is 3.84. The first-order valence-electron chi connectivity index (χ1n) is 9.42. The minimum atomic E-state index is -3.97. The molecule has 1 saturated heterocycles. The Bertz CT molecular complexity index is 1330. The van der Waals surface area contributed by atoms with E-state index in [4.69, 9.17) is 4.98 Å². The molecule has 1 aliphatic heterocycles. The Morgan fingerprint density at radius 3 is 2.76 bits per heavy atom. The molecule has 0 amide bonds. The lowest BCUT2D eigenvalue weighted by Crippen LogP contribution is -2.22. The van der Waals surface area contributed by atoms with Crippen molar-refractivity contribution in [3.8, 4) is 0 Å². The van der Waals surface area contributed by atoms with Crippen molar-refractivity contribution < 1.29 is 12.8 Å². The first-order valence-corrected chi connectivity index (χ1v) is 10.9. The molecule has 5 rings (SSSR count). The molecule has 2 N–H and O–H groups in total. The van der Waals surface area contributed by atoms with E-state index in [9.17, 15) is 12.8 Å². The number of hydrogen-bond donors (Lipinski definition) is 2. The number of nitrogens with one attached hydrogen (secondary N) is 2. The Hall–Kier alpha value is -2.97. The zero-order chi connectivity index (χ0) is 20.0. The van der Waals surface area contributed by atoms with Gasteiger partial charge in [-0.25, -0.2) is 21.8 Å². The van der Waals surface area contributed by atoms with Crippen molar-refractivity contribution in [3.63, 3.8) is 0 Å². The third-order valence-corrected chi connectivity index (χ3v) is 6.92. The van der Waals surface area contributed by atoms with Gasteiger partial charge < -0.3 is 10.6 Å². The van der Waals surface area contributed by atoms with Crippen molar-refractivity contribution in [3.05, 3.63) is 66.6 Å². The Kier molecular flexibility index (Phi) is 4.25. The number of para-hydroxylation sites is 1. The molecule has 4 aromatic rings. The molecule has 0 unspecified atom stereocenters. The topological polar surface area (TPSA) is 76.0 Å². The number of fused-ring (bicyclic) bond motifs is 3. The van der Waals surface area contributed by atoms with Crippen molar-refractivity contribution in [2.24, 2.45) is 0 Å². The second kappa shape index (κ2) is 6.82. The second-order valence-corrected chi connectivity index (χ2v) is 8.96. The largest absolute Gasteiger partial charge is 0.365 e. The number of benzene rings is 2. The summed E-state index contributed by atoms with van der Waals surface area (Å²) in [4.78, 5) is 4.65. The molecule has 3 heterocycles. The highest BCUT2D eigenvalue weighted by Gasteiger charge is 2.24. The van der Waals surface area contributed by atoms with Gasteiger partial charge in [-0.2, -0.15) is 0 Å². The van der Waals surface area contributed by atoms with Crippen molar-refractivity contribution in [2.45, 2.75) is 17.4 Å². The SMILES string of the molecule is O=S(=O)(c1cccc(F)c1)n1ccc2c(N[C@H]3CCNC3)nc3ccccc3c21. The van der Waals surface area contributed by atoms with Gasteiger partial charge >= 0.3 is 0 Å². The van der Waals surface area contributed by atoms with Crippen LogP contribution in [0.1, 0.15) is 6.42 Å². The number of halogens is 1. The molecule has 148 valence electrons. The molecule has 2 aromatic carbocycles. The van der Waals surface area contributed by atoms with Crippen molar-refractivity contribution in [1.82, 2.24) is 14.3 Å². The summed E-state index contributed by atoms with van der Waals surface area (Å²) in [5.41, 5.74) is 1.23. The highest BCUT2D eigenvalue weighted by atomic mass is 32.2. The highest BCUT2D eigenvalue weighted by molar-refractivity contribution is 7.90. The van der Waals surface area contributed by atoms with Crippen molar-refractivity contribution in [2.75, 3.05) is 18.4 Å². The molecule has 8 heteroatoms. The maximum absolute atomic E-state index is 13.7. The standard InChI is InChI=1S/C21H19FN4O2S/c22-14-4-3-5-16(12-14)29(27,28)26-11-9-18-20(26)17-6-1-2-7-19(17)25-21(18)24-15-8-10-23-13-15/h1-7,9,11-12,15,23H,8,10,13H2,(H,24,25)/t15-/m0/s1. The first kappa shape index (κ1) is 18.1. The van der Waals surface area contributed by atoms with Gasteiger partial charge in [0.2, 0.25) is 0 Å². The van der Waals surface area contributed by atoms with Crippen LogP contribution in [0.15, 0.2) is 65.7 Å². The maximum Gasteiger partial charge on any atom is 0.268 e. The van der Waals surface area contributed by atoms with Gasteiger partial charge in [0, 0.05) is 29.6 Å². The molecule has 1 atom stereocenters. The van der Waals surface area contributed by atoms with Gasteiger partial charge in [-0.1, -0.05) is 24.3 Å². The summed E-state index contributed by atoms with van der Waals surface area (Å²) in [6.07, 6.45) is 2.48. The summed E-state index contributed by atoms with van der Waals surface area (Å²) >= 11 is 0. The van der Waals surface area contributed by atoms with Crippen LogP contribution in [0.3, 0.4) is 0 Å². The average molecular weight is 410 g/mol. The summed E-state index contributed by atoms with van der Waals surface area (Å²) in [6.45, 7) is 1.77. The number of aromatic nitrogens is 2. The average Bonchev–Trinajstić information content (AvgIpc) is 3.38. The normalized spacial score (nSPS) is 17.2. The summed E-state index contributed by atoms with van der Waals surface area (Å²) in [7, 11) is -3.97. The monoisotopic (exact) mass is 410 g/mol. The summed E-state index contributed by atoms with van der Waals surface area (Å²) < 4.78 is 41.5. The van der Waals surface area contributed by atoms with E-state index in [1.165, 1.54) is 28.4 Å². The number of hydrogen-bond acceptors (Lipinski definition) is 5. The van der Waals surface area contributed by atoms with Crippen LogP contribution in [0.25, 0.3) is 21.8 Å². The molecular formula is C21H19FN4O2S. The summed E-state index contributed by atoms with van der Waals surface area (Å²) in [5.74, 6) is 0.0609. The minimum Gasteiger partial charge on any atom is -0.365 e. The number of rotatable bonds is 4. The number of nitrogens with zero attached hydrogens (tertiary/aromatic N) is 2. The van der Waals surface area contributed by atoms with E-state index in [1.807, 2.05) is 24.3 Å². The van der Waals surface area contributed by atoms with Crippen LogP contribution in [0, 0.1) is 5.82 Å². The predicted octanol–water partition coefficient (Wildman–Crippen LogP) is 3.34. The fourth-order valence-corrected chi connectivity index (χ4v) is 5.24. The molecule has 0 aliphatic carbocycles. The van der Waals surface area contributed by atoms with Crippen LogP contribution in [-0.4, -0.2) is 36.5 Å². The van der Waals surface area contributed by atoms with Crippen LogP contribution in [0.4, 0.5) is 10.2 Å². The van der Waals surface area contributed by atoms with E-state index >= 15 is 0 Å². The van der Waals surface area contributed by atoms with Gasteiger partial charge in [-0.15, -0.1) is 0 Å². The Labute approximate surface area is 167 Å². The molecule has 0 radical (unpaired) electrons. The zero-order valence-corrected chi connectivity index (χ0v) is 16.3. The summed E-state index contributed by atoms with van der Waals surface area (Å²) in [6, 6.07) is 14.5. The van der Waals surface area contributed by atoms with E-state index < -0.39 is 15.8 Å². The van der Waals surface area contributed by atoms with Crippen LogP contribution >= 0.6 is 0 Å². The van der Waals surface area contributed by atoms with E-state index in [0.717, 1.165) is 36.3 Å². The molecule has 0 saturated carbocycles. The Balaban J connectivity index is 1.76. The number of anilines is 1. The molecule has 6 nitrogen and oxygen atoms in total. The van der Waals surface area contributed by atoms with Crippen LogP contribution in [-0.2, 0) is 10.0 Å². The van der Waals surface area contributed by atoms with Crippen LogP contribution in [0.5, 0.6) is 0 Å². The molecule has 0 bridgehead atoms. The lowest BCUT2D eigenvalue weighted by Gasteiger charge is -2.15. The van der Waals surface area contributed by atoms with Crippen LogP contribution in [0.2, 0.25) is 0 Å². The Morgan fingerprint density at radius 2 is 1.97 bits per heavy atom. The molecule has 1 fully saturated rings. The predicted molar refractivity (Wildman–Crippen MR) is 111 cm³/mol. The van der Waals surface area contributed by atoms with Crippen molar-refractivity contribution in [1.29, 1.82) is 0 Å². The Morgan fingerprint density at radius 1 is 1.10 bits per heavy atom. The van der Waals surface area contributed by atoms with Crippen LogP contribution < -0.4 is 10.6 Å². The van der Waals surface area contributed by atoms with E-state index in [0.29, 0.717) is 16.9 Å². The van der Waals surface area contributed by atoms with E-state index in [-0.39, 0.29) is 10.9 Å². The van der Waals surface area contributed by atoms with Crippen molar-refractivity contribution >= 4 is 37.6 Å². The van der Waals surface area contributed by atoms with Gasteiger partial charge in [-0.3, -0.25) is 0 Å². The maximum atomic E-state index is 13.7.